The molecule has 10 heteroatoms. The van der Waals surface area contributed by atoms with Crippen molar-refractivity contribution >= 4 is 33.5 Å². The molecule has 5 aromatic rings. The first-order valence-corrected chi connectivity index (χ1v) is 12.7. The summed E-state index contributed by atoms with van der Waals surface area (Å²) in [4.78, 5) is 22.1. The molecule has 0 spiro atoms. The minimum atomic E-state index is -0.364. The van der Waals surface area contributed by atoms with Crippen molar-refractivity contribution in [2.45, 2.75) is 27.0 Å². The van der Waals surface area contributed by atoms with Crippen molar-refractivity contribution < 1.29 is 4.74 Å². The van der Waals surface area contributed by atoms with Gasteiger partial charge >= 0.3 is 0 Å². The third-order valence-electron chi connectivity index (χ3n) is 6.08. The van der Waals surface area contributed by atoms with Crippen LogP contribution in [0.3, 0.4) is 0 Å². The molecule has 0 amide bonds. The van der Waals surface area contributed by atoms with E-state index in [1.54, 1.807) is 12.3 Å². The molecule has 4 heterocycles. The average molecular weight is 613 g/mol. The van der Waals surface area contributed by atoms with Gasteiger partial charge in [0.05, 0.1) is 29.7 Å². The van der Waals surface area contributed by atoms with Crippen LogP contribution in [0.5, 0.6) is 5.75 Å². The highest BCUT2D eigenvalue weighted by atomic mass is 127. The van der Waals surface area contributed by atoms with Crippen LogP contribution in [0.15, 0.2) is 59.7 Å². The Balaban J connectivity index is 1.54. The number of nitrogens with zero attached hydrogens (tertiary/aromatic N) is 6. The van der Waals surface area contributed by atoms with E-state index >= 15 is 0 Å². The smallest absolute Gasteiger partial charge is 0.268 e. The molecule has 0 saturated carbocycles. The normalized spacial score (nSPS) is 10.8. The average Bonchev–Trinajstić information content (AvgIpc) is 3.38. The van der Waals surface area contributed by atoms with Gasteiger partial charge in [0.15, 0.2) is 0 Å². The molecule has 1 aromatic carbocycles. The second-order valence-electron chi connectivity index (χ2n) is 8.66. The summed E-state index contributed by atoms with van der Waals surface area (Å²) in [5, 5.41) is 26.5. The zero-order valence-electron chi connectivity index (χ0n) is 20.5. The molecule has 186 valence electrons. The number of nitriles is 2. The zero-order valence-corrected chi connectivity index (χ0v) is 22.6. The van der Waals surface area contributed by atoms with Crippen LogP contribution in [0.2, 0.25) is 0 Å². The van der Waals surface area contributed by atoms with Crippen molar-refractivity contribution in [2.24, 2.45) is 0 Å². The van der Waals surface area contributed by atoms with Crippen LogP contribution in [0.1, 0.15) is 33.8 Å². The summed E-state index contributed by atoms with van der Waals surface area (Å²) in [5.41, 5.74) is 5.39. The predicted molar refractivity (Wildman–Crippen MR) is 149 cm³/mol. The van der Waals surface area contributed by atoms with Crippen molar-refractivity contribution in [3.8, 4) is 29.1 Å². The Morgan fingerprint density at radius 2 is 1.84 bits per heavy atom. The van der Waals surface area contributed by atoms with E-state index < -0.39 is 0 Å². The Labute approximate surface area is 231 Å². The number of H-pyrrole nitrogens is 1. The van der Waals surface area contributed by atoms with Gasteiger partial charge in [0.25, 0.3) is 5.56 Å². The maximum Gasteiger partial charge on any atom is 0.268 e. The standard InChI is InChI=1S/C28H20IN7O2/c1-16-9-21(26-19(12-31)13-32-35-26)20-6-3-7-25(27(20)34-16)38-15-22-23(29)10-17(2)33-24(22)14-36-8-4-5-18(11-30)28(36)37/h3-10,13H,14-15H2,1-2H3,(H,32,35). The monoisotopic (exact) mass is 613 g/mol. The molecule has 1 N–H and O–H groups in total. The van der Waals surface area contributed by atoms with Gasteiger partial charge in [0, 0.05) is 37.7 Å². The Hall–Kier alpha value is -4.55. The van der Waals surface area contributed by atoms with Gasteiger partial charge in [-0.15, -0.1) is 0 Å². The van der Waals surface area contributed by atoms with Gasteiger partial charge in [-0.1, -0.05) is 12.1 Å². The lowest BCUT2D eigenvalue weighted by molar-refractivity contribution is 0.306. The molecular weight excluding hydrogens is 593 g/mol. The topological polar surface area (TPSA) is 133 Å². The summed E-state index contributed by atoms with van der Waals surface area (Å²) in [6.07, 6.45) is 3.15. The fourth-order valence-corrected chi connectivity index (χ4v) is 5.23. The van der Waals surface area contributed by atoms with Crippen LogP contribution in [0, 0.1) is 40.1 Å². The third-order valence-corrected chi connectivity index (χ3v) is 7.04. The van der Waals surface area contributed by atoms with E-state index in [1.165, 1.54) is 16.8 Å². The number of hydrogen-bond donors (Lipinski definition) is 1. The summed E-state index contributed by atoms with van der Waals surface area (Å²) in [6, 6.07) is 16.8. The van der Waals surface area contributed by atoms with Crippen LogP contribution in [-0.2, 0) is 13.2 Å². The number of halogens is 1. The number of aromatic amines is 1. The molecule has 0 saturated heterocycles. The maximum atomic E-state index is 12.7. The molecular formula is C28H20IN7O2. The molecule has 38 heavy (non-hydrogen) atoms. The number of aromatic nitrogens is 5. The molecule has 0 bridgehead atoms. The number of ether oxygens (including phenoxy) is 1. The van der Waals surface area contributed by atoms with E-state index in [2.05, 4.69) is 38.9 Å². The van der Waals surface area contributed by atoms with Crippen LogP contribution >= 0.6 is 22.6 Å². The van der Waals surface area contributed by atoms with Gasteiger partial charge in [-0.3, -0.25) is 14.9 Å². The zero-order chi connectivity index (χ0) is 26.8. The molecule has 5 rings (SSSR count). The fourth-order valence-electron chi connectivity index (χ4n) is 4.31. The minimum absolute atomic E-state index is 0.0810. The van der Waals surface area contributed by atoms with E-state index in [1.807, 2.05) is 50.2 Å². The lowest BCUT2D eigenvalue weighted by atomic mass is 10.0. The van der Waals surface area contributed by atoms with E-state index in [-0.39, 0.29) is 24.3 Å². The number of hydrogen-bond acceptors (Lipinski definition) is 7. The number of rotatable bonds is 6. The number of fused-ring (bicyclic) bond motifs is 1. The fraction of sp³-hybridized carbons (Fsp3) is 0.143. The molecule has 0 aliphatic rings. The Morgan fingerprint density at radius 3 is 2.63 bits per heavy atom. The number of nitrogens with one attached hydrogen (secondary N) is 1. The summed E-state index contributed by atoms with van der Waals surface area (Å²) >= 11 is 2.25. The minimum Gasteiger partial charge on any atom is -0.487 e. The van der Waals surface area contributed by atoms with Crippen LogP contribution in [0.4, 0.5) is 0 Å². The van der Waals surface area contributed by atoms with Crippen molar-refractivity contribution in [3.05, 3.63) is 103 Å². The van der Waals surface area contributed by atoms with E-state index in [0.29, 0.717) is 28.2 Å². The number of para-hydroxylation sites is 1. The lowest BCUT2D eigenvalue weighted by Crippen LogP contribution is -2.23. The second kappa shape index (κ2) is 10.4. The molecule has 4 aromatic heterocycles. The second-order valence-corrected chi connectivity index (χ2v) is 9.82. The predicted octanol–water partition coefficient (Wildman–Crippen LogP) is 4.77. The first-order chi connectivity index (χ1) is 18.4. The summed E-state index contributed by atoms with van der Waals surface area (Å²) in [7, 11) is 0. The Morgan fingerprint density at radius 1 is 1.05 bits per heavy atom. The number of benzene rings is 1. The summed E-state index contributed by atoms with van der Waals surface area (Å²) in [6.45, 7) is 4.19. The SMILES string of the molecule is Cc1cc(I)c(COc2cccc3c(-c4[nH]ncc4C#N)cc(C)nc23)c(Cn2cccc(C#N)c2=O)n1. The van der Waals surface area contributed by atoms with Gasteiger partial charge in [0.1, 0.15) is 35.6 Å². The van der Waals surface area contributed by atoms with Crippen molar-refractivity contribution in [2.75, 3.05) is 0 Å². The van der Waals surface area contributed by atoms with E-state index in [0.717, 1.165) is 31.5 Å². The highest BCUT2D eigenvalue weighted by Gasteiger charge is 2.17. The molecule has 0 fully saturated rings. The largest absolute Gasteiger partial charge is 0.487 e. The highest BCUT2D eigenvalue weighted by molar-refractivity contribution is 14.1. The first kappa shape index (κ1) is 25.1. The molecule has 0 unspecified atom stereocenters. The van der Waals surface area contributed by atoms with Gasteiger partial charge in [-0.05, 0) is 66.8 Å². The molecule has 0 atom stereocenters. The van der Waals surface area contributed by atoms with E-state index in [9.17, 15) is 15.3 Å². The van der Waals surface area contributed by atoms with Crippen molar-refractivity contribution in [1.29, 1.82) is 10.5 Å². The van der Waals surface area contributed by atoms with Crippen LogP contribution in [0.25, 0.3) is 22.2 Å². The highest BCUT2D eigenvalue weighted by Crippen LogP contribution is 2.34. The quantitative estimate of drug-likeness (QED) is 0.273. The molecule has 0 radical (unpaired) electrons. The first-order valence-electron chi connectivity index (χ1n) is 11.6. The Bertz CT molecular complexity index is 1840. The van der Waals surface area contributed by atoms with Gasteiger partial charge in [0.2, 0.25) is 0 Å². The van der Waals surface area contributed by atoms with Crippen molar-refractivity contribution in [3.63, 3.8) is 0 Å². The van der Waals surface area contributed by atoms with E-state index in [4.69, 9.17) is 14.7 Å². The summed E-state index contributed by atoms with van der Waals surface area (Å²) < 4.78 is 8.76. The molecule has 0 aliphatic carbocycles. The Kier molecular flexibility index (Phi) is 6.90. The van der Waals surface area contributed by atoms with Crippen molar-refractivity contribution in [1.82, 2.24) is 24.7 Å². The molecule has 0 aliphatic heterocycles. The van der Waals surface area contributed by atoms with Crippen LogP contribution in [-0.4, -0.2) is 24.7 Å². The third kappa shape index (κ3) is 4.74. The maximum absolute atomic E-state index is 12.7. The van der Waals surface area contributed by atoms with Gasteiger partial charge < -0.3 is 9.30 Å². The van der Waals surface area contributed by atoms with Crippen LogP contribution < -0.4 is 10.3 Å². The molecule has 9 nitrogen and oxygen atoms in total. The number of aryl methyl sites for hydroxylation is 2. The van der Waals surface area contributed by atoms with Gasteiger partial charge in [-0.2, -0.15) is 15.6 Å². The number of pyridine rings is 3. The summed E-state index contributed by atoms with van der Waals surface area (Å²) in [5.74, 6) is 0.580. The van der Waals surface area contributed by atoms with Gasteiger partial charge in [-0.25, -0.2) is 4.98 Å². The lowest BCUT2D eigenvalue weighted by Gasteiger charge is -2.16.